The van der Waals surface area contributed by atoms with Gasteiger partial charge in [-0.05, 0) is 38.5 Å². The van der Waals surface area contributed by atoms with Crippen molar-refractivity contribution in [3.05, 3.63) is 24.3 Å². The predicted octanol–water partition coefficient (Wildman–Crippen LogP) is 9.38. The number of allylic oxidation sites excluding steroid dienone is 4. The van der Waals surface area contributed by atoms with Crippen LogP contribution in [0.3, 0.4) is 0 Å². The highest BCUT2D eigenvalue weighted by molar-refractivity contribution is 7.85. The Morgan fingerprint density at radius 3 is 1.56 bits per heavy atom. The van der Waals surface area contributed by atoms with Crippen molar-refractivity contribution in [2.75, 3.05) is 5.75 Å². The van der Waals surface area contributed by atoms with Gasteiger partial charge in [-0.2, -0.15) is 8.42 Å². The van der Waals surface area contributed by atoms with Crippen molar-refractivity contribution in [1.82, 2.24) is 5.32 Å². The Bertz CT molecular complexity index is 829. The molecule has 8 heteroatoms. The lowest BCUT2D eigenvalue weighted by atomic mass is 10.0. The summed E-state index contributed by atoms with van der Waals surface area (Å²) in [5, 5.41) is 23.4. The number of aliphatic hydroxyl groups is 2. The van der Waals surface area contributed by atoms with Crippen LogP contribution in [0.15, 0.2) is 24.3 Å². The van der Waals surface area contributed by atoms with Crippen LogP contribution in [0.25, 0.3) is 0 Å². The molecule has 3 atom stereocenters. The molecule has 0 aliphatic carbocycles. The topological polar surface area (TPSA) is 124 Å². The second-order valence-electron chi connectivity index (χ2n) is 13.0. The van der Waals surface area contributed by atoms with Crippen LogP contribution >= 0.6 is 0 Å². The molecule has 0 fully saturated rings. The van der Waals surface area contributed by atoms with Crippen molar-refractivity contribution in [1.29, 1.82) is 0 Å². The molecule has 0 radical (unpaired) electrons. The van der Waals surface area contributed by atoms with Crippen molar-refractivity contribution >= 4 is 16.0 Å². The lowest BCUT2D eigenvalue weighted by Crippen LogP contribution is -2.50. The summed E-state index contributed by atoms with van der Waals surface area (Å²) < 4.78 is 32.3. The van der Waals surface area contributed by atoms with E-state index in [0.29, 0.717) is 25.7 Å². The van der Waals surface area contributed by atoms with E-state index in [-0.39, 0.29) is 0 Å². The Hall–Kier alpha value is -1.22. The first-order chi connectivity index (χ1) is 21.7. The van der Waals surface area contributed by atoms with Gasteiger partial charge >= 0.3 is 0 Å². The first-order valence-electron chi connectivity index (χ1n) is 18.6. The minimum absolute atomic E-state index is 0.297. The molecule has 0 rings (SSSR count). The molecule has 3 unspecified atom stereocenters. The highest BCUT2D eigenvalue weighted by Crippen LogP contribution is 2.16. The standard InChI is InChI=1S/C37H71NO6S/c1-3-5-7-9-11-13-14-15-16-17-18-19-20-21-22-23-24-26-28-30-32-36(40)37(41)38-34(33-45(42,43)44)35(39)31-29-27-25-12-10-8-6-4-2/h5,7,11,13,34-36,39-40H,3-4,6,8-10,12,14-33H2,1-2H3,(H,38,41)(H,42,43,44)/b7-5-,13-11-. The molecule has 0 aromatic rings. The fourth-order valence-corrected chi connectivity index (χ4v) is 6.43. The molecule has 0 aliphatic heterocycles. The Kier molecular flexibility index (Phi) is 30.5. The number of unbranched alkanes of at least 4 members (excludes halogenated alkanes) is 20. The van der Waals surface area contributed by atoms with Crippen LogP contribution in [0.2, 0.25) is 0 Å². The smallest absolute Gasteiger partial charge is 0.266 e. The molecule has 45 heavy (non-hydrogen) atoms. The van der Waals surface area contributed by atoms with Crippen molar-refractivity contribution in [3.63, 3.8) is 0 Å². The summed E-state index contributed by atoms with van der Waals surface area (Å²) in [6.07, 6.45) is 35.0. The molecule has 0 heterocycles. The molecule has 0 aromatic carbocycles. The largest absolute Gasteiger partial charge is 0.391 e. The molecule has 1 amide bonds. The van der Waals surface area contributed by atoms with Gasteiger partial charge in [0, 0.05) is 0 Å². The van der Waals surface area contributed by atoms with Crippen LogP contribution in [0.1, 0.15) is 181 Å². The average molecular weight is 658 g/mol. The van der Waals surface area contributed by atoms with Crippen molar-refractivity contribution < 1.29 is 28.0 Å². The summed E-state index contributed by atoms with van der Waals surface area (Å²) >= 11 is 0. The van der Waals surface area contributed by atoms with Crippen LogP contribution in [0.5, 0.6) is 0 Å². The van der Waals surface area contributed by atoms with Crippen LogP contribution in [-0.2, 0) is 14.9 Å². The van der Waals surface area contributed by atoms with Gasteiger partial charge in [-0.3, -0.25) is 9.35 Å². The second kappa shape index (κ2) is 31.4. The van der Waals surface area contributed by atoms with Crippen molar-refractivity contribution in [2.24, 2.45) is 0 Å². The lowest BCUT2D eigenvalue weighted by Gasteiger charge is -2.24. The van der Waals surface area contributed by atoms with Gasteiger partial charge in [0.15, 0.2) is 0 Å². The summed E-state index contributed by atoms with van der Waals surface area (Å²) in [6, 6.07) is -1.14. The molecule has 0 bridgehead atoms. The molecular formula is C37H71NO6S. The van der Waals surface area contributed by atoms with Gasteiger partial charge in [-0.25, -0.2) is 0 Å². The third-order valence-corrected chi connectivity index (χ3v) is 9.31. The maximum atomic E-state index is 12.5. The third-order valence-electron chi connectivity index (χ3n) is 8.53. The van der Waals surface area contributed by atoms with Gasteiger partial charge in [-0.1, -0.05) is 167 Å². The zero-order valence-electron chi connectivity index (χ0n) is 29.1. The van der Waals surface area contributed by atoms with Gasteiger partial charge in [0.05, 0.1) is 17.9 Å². The number of aliphatic hydroxyl groups excluding tert-OH is 2. The molecule has 266 valence electrons. The molecule has 7 nitrogen and oxygen atoms in total. The monoisotopic (exact) mass is 658 g/mol. The Morgan fingerprint density at radius 2 is 1.07 bits per heavy atom. The zero-order valence-corrected chi connectivity index (χ0v) is 29.9. The van der Waals surface area contributed by atoms with E-state index in [1.807, 2.05) is 0 Å². The molecule has 0 aromatic heterocycles. The number of carbonyl (C=O) groups is 1. The van der Waals surface area contributed by atoms with Crippen LogP contribution in [-0.4, -0.2) is 53.1 Å². The van der Waals surface area contributed by atoms with E-state index >= 15 is 0 Å². The first-order valence-corrected chi connectivity index (χ1v) is 20.2. The molecule has 0 saturated heterocycles. The summed E-state index contributed by atoms with van der Waals surface area (Å²) in [5.74, 6) is -1.45. The quantitative estimate of drug-likeness (QED) is 0.0317. The molecule has 0 aliphatic rings. The molecule has 0 spiro atoms. The number of rotatable bonds is 33. The minimum Gasteiger partial charge on any atom is -0.391 e. The van der Waals surface area contributed by atoms with Gasteiger partial charge in [0.25, 0.3) is 10.1 Å². The predicted molar refractivity (Wildman–Crippen MR) is 190 cm³/mol. The van der Waals surface area contributed by atoms with Crippen LogP contribution < -0.4 is 5.32 Å². The van der Waals surface area contributed by atoms with Crippen LogP contribution in [0, 0.1) is 0 Å². The molecular weight excluding hydrogens is 586 g/mol. The highest BCUT2D eigenvalue weighted by Gasteiger charge is 2.28. The SMILES string of the molecule is CC/C=C\C/C=C\CCCCCCCCCCCCCCCC(O)C(=O)NC(CS(=O)(=O)O)C(O)CCCCCCCCCC. The third kappa shape index (κ3) is 31.2. The van der Waals surface area contributed by atoms with Crippen molar-refractivity contribution in [2.45, 2.75) is 199 Å². The van der Waals surface area contributed by atoms with E-state index in [9.17, 15) is 28.0 Å². The van der Waals surface area contributed by atoms with Gasteiger partial charge < -0.3 is 15.5 Å². The number of hydrogen-bond donors (Lipinski definition) is 4. The lowest BCUT2D eigenvalue weighted by molar-refractivity contribution is -0.131. The van der Waals surface area contributed by atoms with E-state index < -0.39 is 40.0 Å². The van der Waals surface area contributed by atoms with E-state index in [1.54, 1.807) is 0 Å². The molecule has 4 N–H and O–H groups in total. The van der Waals surface area contributed by atoms with Gasteiger partial charge in [0.1, 0.15) is 6.10 Å². The number of hydrogen-bond acceptors (Lipinski definition) is 5. The van der Waals surface area contributed by atoms with E-state index in [0.717, 1.165) is 51.4 Å². The second-order valence-corrected chi connectivity index (χ2v) is 14.5. The summed E-state index contributed by atoms with van der Waals surface area (Å²) in [6.45, 7) is 4.35. The zero-order chi connectivity index (χ0) is 33.4. The Morgan fingerprint density at radius 1 is 0.622 bits per heavy atom. The summed E-state index contributed by atoms with van der Waals surface area (Å²) in [7, 11) is -4.40. The van der Waals surface area contributed by atoms with E-state index in [2.05, 4.69) is 43.5 Å². The fourth-order valence-electron chi connectivity index (χ4n) is 5.67. The summed E-state index contributed by atoms with van der Waals surface area (Å²) in [4.78, 5) is 12.5. The number of amides is 1. The van der Waals surface area contributed by atoms with Gasteiger partial charge in [-0.15, -0.1) is 0 Å². The Balaban J connectivity index is 3.90. The normalized spacial score (nSPS) is 14.3. The van der Waals surface area contributed by atoms with Crippen molar-refractivity contribution in [3.8, 4) is 0 Å². The van der Waals surface area contributed by atoms with E-state index in [4.69, 9.17) is 0 Å². The average Bonchev–Trinajstić information content (AvgIpc) is 3.00. The fraction of sp³-hybridized carbons (Fsp3) is 0.865. The Labute approximate surface area is 277 Å². The maximum absolute atomic E-state index is 12.5. The maximum Gasteiger partial charge on any atom is 0.266 e. The van der Waals surface area contributed by atoms with E-state index in [1.165, 1.54) is 89.9 Å². The highest BCUT2D eigenvalue weighted by atomic mass is 32.2. The molecule has 0 saturated carbocycles. The number of nitrogens with one attached hydrogen (secondary N) is 1. The summed E-state index contributed by atoms with van der Waals surface area (Å²) in [5.41, 5.74) is 0. The first kappa shape index (κ1) is 43.8. The number of carbonyl (C=O) groups excluding carboxylic acids is 1. The van der Waals surface area contributed by atoms with Gasteiger partial charge in [0.2, 0.25) is 5.91 Å². The van der Waals surface area contributed by atoms with Crippen LogP contribution in [0.4, 0.5) is 0 Å². The minimum atomic E-state index is -4.40.